The number of allylic oxidation sites excluding steroid dienone is 4. The van der Waals surface area contributed by atoms with Gasteiger partial charge in [0, 0.05) is 0 Å². The van der Waals surface area contributed by atoms with Crippen LogP contribution in [0.25, 0.3) is 0 Å². The number of halogens is 2. The Morgan fingerprint density at radius 3 is 2.64 bits per heavy atom. The predicted molar refractivity (Wildman–Crippen MR) is 48.1 cm³/mol. The molecule has 1 heterocycles. The zero-order valence-corrected chi connectivity index (χ0v) is 11.9. The van der Waals surface area contributed by atoms with Crippen LogP contribution in [-0.4, -0.2) is 4.98 Å². The average Bonchev–Trinajstić information content (AvgIpc) is 2.77. The molecule has 0 aromatic carbocycles. The third-order valence-corrected chi connectivity index (χ3v) is 8.28. The molecule has 0 atom stereocenters. The van der Waals surface area contributed by atoms with Crippen molar-refractivity contribution in [1.29, 1.82) is 0 Å². The summed E-state index contributed by atoms with van der Waals surface area (Å²) in [6, 6.07) is 4.33. The smallest absolute Gasteiger partial charge is 1.00 e. The third-order valence-electron chi connectivity index (χ3n) is 2.25. The van der Waals surface area contributed by atoms with Crippen LogP contribution >= 0.6 is 0 Å². The first-order valence-electron chi connectivity index (χ1n) is 4.21. The quantitative estimate of drug-likeness (QED) is 0.576. The van der Waals surface area contributed by atoms with Gasteiger partial charge in [-0.05, 0) is 0 Å². The van der Waals surface area contributed by atoms with Gasteiger partial charge in [0.2, 0.25) is 0 Å². The van der Waals surface area contributed by atoms with Crippen molar-refractivity contribution in [2.45, 2.75) is 11.1 Å². The van der Waals surface area contributed by atoms with E-state index in [0.717, 1.165) is 0 Å². The Labute approximate surface area is 105 Å². The summed E-state index contributed by atoms with van der Waals surface area (Å²) in [5.41, 5.74) is 0. The van der Waals surface area contributed by atoms with Gasteiger partial charge in [0.15, 0.2) is 0 Å². The zero-order chi connectivity index (χ0) is 8.39. The van der Waals surface area contributed by atoms with Crippen LogP contribution in [0.4, 0.5) is 0 Å². The summed E-state index contributed by atoms with van der Waals surface area (Å²) in [5.74, 6) is 0. The van der Waals surface area contributed by atoms with Crippen molar-refractivity contribution in [3.05, 3.63) is 39.8 Å². The van der Waals surface area contributed by atoms with E-state index in [9.17, 15) is 0 Å². The van der Waals surface area contributed by atoms with Gasteiger partial charge in [-0.3, -0.25) is 0 Å². The van der Waals surface area contributed by atoms with Crippen molar-refractivity contribution in [2.75, 3.05) is 0 Å². The van der Waals surface area contributed by atoms with Gasteiger partial charge >= 0.3 is 81.0 Å². The van der Waals surface area contributed by atoms with E-state index in [-0.39, 0.29) is 24.8 Å². The molecule has 1 aromatic heterocycles. The maximum atomic E-state index is 3.33. The Hall–Kier alpha value is 0.223. The number of hydrogen-bond acceptors (Lipinski definition) is 0. The van der Waals surface area contributed by atoms with Crippen LogP contribution in [-0.2, 0) is 21.8 Å². The van der Waals surface area contributed by atoms with E-state index in [4.69, 9.17) is 0 Å². The van der Waals surface area contributed by atoms with Gasteiger partial charge in [-0.25, -0.2) is 0 Å². The van der Waals surface area contributed by atoms with Crippen LogP contribution in [0, 0.1) is 0 Å². The zero-order valence-electron chi connectivity index (χ0n) is 7.93. The molecule has 1 aliphatic carbocycles. The van der Waals surface area contributed by atoms with Crippen molar-refractivity contribution in [3.63, 3.8) is 0 Å². The van der Waals surface area contributed by atoms with Crippen LogP contribution in [0.1, 0.15) is 6.42 Å². The van der Waals surface area contributed by atoms with Crippen molar-refractivity contribution in [3.8, 4) is 0 Å². The van der Waals surface area contributed by atoms with E-state index in [1.165, 1.54) is 9.82 Å². The second-order valence-electron chi connectivity index (χ2n) is 3.03. The molecule has 0 radical (unpaired) electrons. The molecule has 0 spiro atoms. The van der Waals surface area contributed by atoms with Gasteiger partial charge in [0.05, 0.1) is 0 Å². The molecule has 1 N–H and O–H groups in total. The van der Waals surface area contributed by atoms with E-state index < -0.39 is 21.8 Å². The fraction of sp³-hybridized carbons (Fsp3) is 0.200. The number of H-pyrrole nitrogens is 1. The number of nitrogens with one attached hydrogen (secondary N) is 1. The molecule has 1 aliphatic rings. The minimum atomic E-state index is -1.39. The molecule has 1 aromatic rings. The Kier molecular flexibility index (Phi) is 6.77. The Morgan fingerprint density at radius 2 is 2.14 bits per heavy atom. The molecule has 0 amide bonds. The Balaban J connectivity index is 0.000000845. The fourth-order valence-electron chi connectivity index (χ4n) is 1.46. The average molecular weight is 308 g/mol. The molecule has 0 aliphatic heterocycles. The largest absolute Gasteiger partial charge is 1.00 e. The SMILES string of the molecule is [CH3][Zr+2]([C]1=CC=CC1)[c]1ccc[nH]1.[Cl-].[Cl-]. The maximum absolute atomic E-state index is 3.33. The molecule has 1 nitrogen and oxygen atoms in total. The molecule has 14 heavy (non-hydrogen) atoms. The minimum absolute atomic E-state index is 0. The van der Waals surface area contributed by atoms with Crippen LogP contribution in [0.2, 0.25) is 4.63 Å². The number of hydrogen-bond donors (Lipinski definition) is 1. The van der Waals surface area contributed by atoms with Crippen molar-refractivity contribution in [2.24, 2.45) is 0 Å². The topological polar surface area (TPSA) is 15.8 Å². The predicted octanol–water partition coefficient (Wildman–Crippen LogP) is -3.84. The van der Waals surface area contributed by atoms with Gasteiger partial charge in [0.1, 0.15) is 0 Å². The second-order valence-corrected chi connectivity index (χ2v) is 9.01. The third kappa shape index (κ3) is 3.12. The van der Waals surface area contributed by atoms with E-state index in [1.807, 2.05) is 6.20 Å². The minimum Gasteiger partial charge on any atom is -1.00 e. The van der Waals surface area contributed by atoms with Gasteiger partial charge < -0.3 is 24.8 Å². The van der Waals surface area contributed by atoms with E-state index in [1.54, 1.807) is 3.28 Å². The standard InChI is InChI=1S/C5H5.C4H4N.CH3.2ClH.Zr/c2*1-2-4-5-3-1;;;;/h1-3H,4H2;1-3,5H;1H3;2*1H;/q;;;;;+2/p-2. The fourth-order valence-corrected chi connectivity index (χ4v) is 5.79. The molecule has 0 saturated carbocycles. The number of aromatic amines is 1. The maximum Gasteiger partial charge on any atom is -1.00 e. The molecule has 2 rings (SSSR count). The first-order chi connectivity index (χ1) is 5.88. The summed E-state index contributed by atoms with van der Waals surface area (Å²) in [6.45, 7) is 0. The molecule has 0 saturated heterocycles. The first kappa shape index (κ1) is 14.2. The Morgan fingerprint density at radius 1 is 1.36 bits per heavy atom. The van der Waals surface area contributed by atoms with Crippen LogP contribution in [0.5, 0.6) is 0 Å². The van der Waals surface area contributed by atoms with Crippen LogP contribution < -0.4 is 28.2 Å². The molecule has 75 valence electrons. The Bertz CT molecular complexity index is 317. The summed E-state index contributed by atoms with van der Waals surface area (Å²) >= 11 is -1.39. The van der Waals surface area contributed by atoms with E-state index in [0.29, 0.717) is 0 Å². The number of rotatable bonds is 2. The monoisotopic (exact) mass is 306 g/mol. The molecule has 0 unspecified atom stereocenters. The van der Waals surface area contributed by atoms with Gasteiger partial charge in [-0.15, -0.1) is 0 Å². The summed E-state index contributed by atoms with van der Waals surface area (Å²) in [7, 11) is 0. The van der Waals surface area contributed by atoms with Gasteiger partial charge in [-0.1, -0.05) is 0 Å². The first-order valence-corrected chi connectivity index (χ1v) is 9.13. The van der Waals surface area contributed by atoms with Gasteiger partial charge in [0.25, 0.3) is 0 Å². The van der Waals surface area contributed by atoms with Crippen molar-refractivity contribution >= 4 is 3.40 Å². The van der Waals surface area contributed by atoms with Crippen molar-refractivity contribution < 1.29 is 46.6 Å². The molecular weight excluding hydrogens is 296 g/mol. The molecular formula is C10H12Cl2NZr. The summed E-state index contributed by atoms with van der Waals surface area (Å²) < 4.78 is 5.64. The molecule has 0 bridgehead atoms. The van der Waals surface area contributed by atoms with E-state index >= 15 is 0 Å². The number of aromatic nitrogens is 1. The van der Waals surface area contributed by atoms with Crippen molar-refractivity contribution in [1.82, 2.24) is 4.98 Å². The summed E-state index contributed by atoms with van der Waals surface area (Å²) in [4.78, 5) is 3.33. The van der Waals surface area contributed by atoms with Crippen LogP contribution in [0.3, 0.4) is 0 Å². The normalized spacial score (nSPS) is 12.8. The summed E-state index contributed by atoms with van der Waals surface area (Å²) in [5, 5.41) is 0. The van der Waals surface area contributed by atoms with Gasteiger partial charge in [-0.2, -0.15) is 0 Å². The summed E-state index contributed by atoms with van der Waals surface area (Å²) in [6.07, 6.45) is 9.97. The second kappa shape index (κ2) is 6.66. The molecule has 0 fully saturated rings. The molecule has 4 heteroatoms. The van der Waals surface area contributed by atoms with Crippen LogP contribution in [0.15, 0.2) is 39.8 Å². The van der Waals surface area contributed by atoms with E-state index in [2.05, 4.69) is 40.0 Å².